The molecule has 1 aromatic carbocycles. The van der Waals surface area contributed by atoms with Crippen LogP contribution < -0.4 is 4.90 Å². The molecule has 0 saturated carbocycles. The molecule has 0 N–H and O–H groups in total. The number of hydrogen-bond donors (Lipinski definition) is 0. The van der Waals surface area contributed by atoms with Gasteiger partial charge in [-0.3, -0.25) is 14.9 Å². The molecule has 1 aliphatic heterocycles. The van der Waals surface area contributed by atoms with Gasteiger partial charge in [0.2, 0.25) is 0 Å². The Morgan fingerprint density at radius 3 is 2.75 bits per heavy atom. The minimum absolute atomic E-state index is 0.100. The number of para-hydroxylation sites is 1. The Morgan fingerprint density at radius 2 is 2.04 bits per heavy atom. The number of carbonyl (C=O) groups excluding carboxylic acids is 2. The standard InChI is InChI=1S/C16H14N2O5S/c1-10(23-16(20)13-6-7-14(24-13)18(21)22)15(19)17-9-8-11-4-2-3-5-12(11)17/h2-7,10H,8-9H2,1H3/t10-/m0/s1. The van der Waals surface area contributed by atoms with Gasteiger partial charge in [0.15, 0.2) is 6.10 Å². The lowest BCUT2D eigenvalue weighted by atomic mass is 10.2. The van der Waals surface area contributed by atoms with Gasteiger partial charge in [-0.2, -0.15) is 0 Å². The molecule has 2 heterocycles. The molecule has 24 heavy (non-hydrogen) atoms. The van der Waals surface area contributed by atoms with Crippen LogP contribution in [0.3, 0.4) is 0 Å². The molecule has 124 valence electrons. The third kappa shape index (κ3) is 3.00. The van der Waals surface area contributed by atoms with E-state index in [4.69, 9.17) is 4.74 Å². The summed E-state index contributed by atoms with van der Waals surface area (Å²) in [5.74, 6) is -1.04. The number of fused-ring (bicyclic) bond motifs is 1. The van der Waals surface area contributed by atoms with Crippen molar-refractivity contribution >= 4 is 33.9 Å². The smallest absolute Gasteiger partial charge is 0.349 e. The molecule has 7 nitrogen and oxygen atoms in total. The zero-order valence-corrected chi connectivity index (χ0v) is 13.6. The van der Waals surface area contributed by atoms with Crippen molar-refractivity contribution in [2.75, 3.05) is 11.4 Å². The van der Waals surface area contributed by atoms with Crippen molar-refractivity contribution in [2.45, 2.75) is 19.4 Å². The van der Waals surface area contributed by atoms with Gasteiger partial charge in [0.25, 0.3) is 5.91 Å². The molecular weight excluding hydrogens is 332 g/mol. The summed E-state index contributed by atoms with van der Waals surface area (Å²) in [6.07, 6.45) is -0.204. The molecule has 2 aromatic rings. The minimum Gasteiger partial charge on any atom is -0.448 e. The van der Waals surface area contributed by atoms with Crippen molar-refractivity contribution in [1.29, 1.82) is 0 Å². The molecule has 0 aliphatic carbocycles. The normalized spacial score (nSPS) is 14.1. The average Bonchev–Trinajstić information content (AvgIpc) is 3.21. The van der Waals surface area contributed by atoms with Gasteiger partial charge < -0.3 is 9.64 Å². The first kappa shape index (κ1) is 16.1. The molecule has 0 unspecified atom stereocenters. The number of carbonyl (C=O) groups is 2. The highest BCUT2D eigenvalue weighted by atomic mass is 32.1. The number of rotatable bonds is 4. The maximum Gasteiger partial charge on any atom is 0.349 e. The molecule has 1 aromatic heterocycles. The van der Waals surface area contributed by atoms with E-state index < -0.39 is 17.0 Å². The fourth-order valence-electron chi connectivity index (χ4n) is 2.59. The summed E-state index contributed by atoms with van der Waals surface area (Å²) in [5, 5.41) is 10.5. The Kier molecular flexibility index (Phi) is 4.30. The van der Waals surface area contributed by atoms with E-state index in [-0.39, 0.29) is 15.8 Å². The van der Waals surface area contributed by atoms with E-state index in [2.05, 4.69) is 0 Å². The Balaban J connectivity index is 1.68. The topological polar surface area (TPSA) is 89.7 Å². The highest BCUT2D eigenvalue weighted by Crippen LogP contribution is 2.29. The van der Waals surface area contributed by atoms with Crippen molar-refractivity contribution in [3.05, 3.63) is 57.0 Å². The maximum absolute atomic E-state index is 12.5. The molecule has 0 fully saturated rings. The number of thiophene rings is 1. The van der Waals surface area contributed by atoms with Gasteiger partial charge in [0.1, 0.15) is 4.88 Å². The predicted octanol–water partition coefficient (Wildman–Crippen LogP) is 2.79. The Bertz CT molecular complexity index is 816. The third-order valence-electron chi connectivity index (χ3n) is 3.76. The van der Waals surface area contributed by atoms with Crippen LogP contribution in [0.4, 0.5) is 10.7 Å². The number of benzene rings is 1. The lowest BCUT2D eigenvalue weighted by Gasteiger charge is -2.21. The zero-order chi connectivity index (χ0) is 17.3. The maximum atomic E-state index is 12.5. The number of nitrogens with zero attached hydrogens (tertiary/aromatic N) is 2. The molecule has 0 saturated heterocycles. The highest BCUT2D eigenvalue weighted by Gasteiger charge is 2.30. The van der Waals surface area contributed by atoms with Gasteiger partial charge in [0, 0.05) is 18.3 Å². The second-order valence-electron chi connectivity index (χ2n) is 5.31. The largest absolute Gasteiger partial charge is 0.448 e. The van der Waals surface area contributed by atoms with Crippen molar-refractivity contribution in [3.63, 3.8) is 0 Å². The van der Waals surface area contributed by atoms with Gasteiger partial charge in [-0.25, -0.2) is 4.79 Å². The Hall–Kier alpha value is -2.74. The molecule has 1 aliphatic rings. The summed E-state index contributed by atoms with van der Waals surface area (Å²) in [5.41, 5.74) is 1.91. The summed E-state index contributed by atoms with van der Waals surface area (Å²) in [6, 6.07) is 10.2. The minimum atomic E-state index is -0.968. The van der Waals surface area contributed by atoms with Crippen LogP contribution in [0, 0.1) is 10.1 Å². The van der Waals surface area contributed by atoms with E-state index in [1.165, 1.54) is 19.1 Å². The molecule has 0 radical (unpaired) electrons. The van der Waals surface area contributed by atoms with Gasteiger partial charge in [-0.1, -0.05) is 29.5 Å². The number of hydrogen-bond acceptors (Lipinski definition) is 6. The second kappa shape index (κ2) is 6.40. The summed E-state index contributed by atoms with van der Waals surface area (Å²) in [6.45, 7) is 2.05. The van der Waals surface area contributed by atoms with Crippen LogP contribution >= 0.6 is 11.3 Å². The monoisotopic (exact) mass is 346 g/mol. The molecule has 1 atom stereocenters. The van der Waals surface area contributed by atoms with Crippen molar-refractivity contribution in [2.24, 2.45) is 0 Å². The second-order valence-corrected chi connectivity index (χ2v) is 6.37. The van der Waals surface area contributed by atoms with E-state index in [0.29, 0.717) is 6.54 Å². The van der Waals surface area contributed by atoms with Crippen molar-refractivity contribution < 1.29 is 19.2 Å². The summed E-state index contributed by atoms with van der Waals surface area (Å²) >= 11 is 0.725. The number of anilines is 1. The van der Waals surface area contributed by atoms with Crippen LogP contribution in [0.25, 0.3) is 0 Å². The van der Waals surface area contributed by atoms with Crippen LogP contribution in [-0.2, 0) is 16.0 Å². The molecular formula is C16H14N2O5S. The molecule has 1 amide bonds. The number of ether oxygens (including phenoxy) is 1. The lowest BCUT2D eigenvalue weighted by Crippen LogP contribution is -2.39. The Labute approximate surface area is 141 Å². The average molecular weight is 346 g/mol. The molecule has 0 bridgehead atoms. The van der Waals surface area contributed by atoms with E-state index >= 15 is 0 Å². The number of esters is 1. The summed E-state index contributed by atoms with van der Waals surface area (Å²) in [7, 11) is 0. The van der Waals surface area contributed by atoms with Crippen LogP contribution in [0.15, 0.2) is 36.4 Å². The van der Waals surface area contributed by atoms with Gasteiger partial charge in [-0.15, -0.1) is 0 Å². The molecule has 0 spiro atoms. The molecule has 8 heteroatoms. The van der Waals surface area contributed by atoms with E-state index in [9.17, 15) is 19.7 Å². The SMILES string of the molecule is C[C@H](OC(=O)c1ccc([N+](=O)[O-])s1)C(=O)N1CCc2ccccc21. The fraction of sp³-hybridized carbons (Fsp3) is 0.250. The zero-order valence-electron chi connectivity index (χ0n) is 12.8. The first-order valence-corrected chi connectivity index (χ1v) is 8.13. The highest BCUT2D eigenvalue weighted by molar-refractivity contribution is 7.17. The van der Waals surface area contributed by atoms with Crippen LogP contribution in [0.5, 0.6) is 0 Å². The van der Waals surface area contributed by atoms with Gasteiger partial charge >= 0.3 is 11.0 Å². The Morgan fingerprint density at radius 1 is 1.29 bits per heavy atom. The van der Waals surface area contributed by atoms with Crippen LogP contribution in [0.1, 0.15) is 22.2 Å². The van der Waals surface area contributed by atoms with E-state index in [1.807, 2.05) is 24.3 Å². The number of nitro groups is 1. The van der Waals surface area contributed by atoms with E-state index in [0.717, 1.165) is 29.0 Å². The van der Waals surface area contributed by atoms with Gasteiger partial charge in [0.05, 0.1) is 4.92 Å². The van der Waals surface area contributed by atoms with E-state index in [1.54, 1.807) is 4.90 Å². The fourth-order valence-corrected chi connectivity index (χ4v) is 3.29. The van der Waals surface area contributed by atoms with Crippen LogP contribution in [-0.4, -0.2) is 29.4 Å². The lowest BCUT2D eigenvalue weighted by molar-refractivity contribution is -0.380. The predicted molar refractivity (Wildman–Crippen MR) is 88.3 cm³/mol. The first-order valence-electron chi connectivity index (χ1n) is 7.32. The van der Waals surface area contributed by atoms with Gasteiger partial charge in [-0.05, 0) is 31.0 Å². The first-order chi connectivity index (χ1) is 11.5. The van der Waals surface area contributed by atoms with Crippen molar-refractivity contribution in [3.8, 4) is 0 Å². The third-order valence-corrected chi connectivity index (χ3v) is 4.77. The quantitative estimate of drug-likeness (QED) is 0.482. The summed E-state index contributed by atoms with van der Waals surface area (Å²) < 4.78 is 5.18. The number of amides is 1. The summed E-state index contributed by atoms with van der Waals surface area (Å²) in [4.78, 5) is 36.4. The molecule has 3 rings (SSSR count). The van der Waals surface area contributed by atoms with Crippen molar-refractivity contribution in [1.82, 2.24) is 0 Å². The van der Waals surface area contributed by atoms with Crippen LogP contribution in [0.2, 0.25) is 0 Å².